The molecule has 0 atom stereocenters. The van der Waals surface area contributed by atoms with Crippen molar-refractivity contribution in [2.24, 2.45) is 5.10 Å². The van der Waals surface area contributed by atoms with Crippen LogP contribution in [0.1, 0.15) is 12.6 Å². The number of nitrogens with one attached hydrogen (secondary N) is 3. The summed E-state index contributed by atoms with van der Waals surface area (Å²) in [6.07, 6.45) is 1.81. The smallest absolute Gasteiger partial charge is 0.259 e. The molecule has 0 saturated heterocycles. The molecule has 5 heteroatoms. The van der Waals surface area contributed by atoms with Gasteiger partial charge in [0.15, 0.2) is 0 Å². The van der Waals surface area contributed by atoms with E-state index in [9.17, 15) is 4.79 Å². The summed E-state index contributed by atoms with van der Waals surface area (Å²) in [5.41, 5.74) is 5.03. The van der Waals surface area contributed by atoms with E-state index in [0.717, 1.165) is 17.1 Å². The molecule has 1 aromatic heterocycles. The highest BCUT2D eigenvalue weighted by Gasteiger charge is 2.01. The van der Waals surface area contributed by atoms with Gasteiger partial charge in [-0.3, -0.25) is 4.79 Å². The molecule has 0 radical (unpaired) electrons. The lowest BCUT2D eigenvalue weighted by Crippen LogP contribution is -2.26. The molecule has 0 aliphatic carbocycles. The molecule has 19 heavy (non-hydrogen) atoms. The number of aromatic amines is 1. The normalized spacial score (nSPS) is 11.1. The van der Waals surface area contributed by atoms with Gasteiger partial charge in [-0.25, -0.2) is 5.43 Å². The van der Waals surface area contributed by atoms with E-state index in [1.54, 1.807) is 0 Å². The number of hydrogen-bond donors (Lipinski definition) is 3. The number of nitrogens with zero attached hydrogens (tertiary/aromatic N) is 1. The van der Waals surface area contributed by atoms with Gasteiger partial charge in [-0.2, -0.15) is 5.10 Å². The average Bonchev–Trinajstić information content (AvgIpc) is 2.98. The minimum absolute atomic E-state index is 0.185. The first kappa shape index (κ1) is 12.9. The third kappa shape index (κ3) is 3.99. The van der Waals surface area contributed by atoms with Crippen LogP contribution in [0.25, 0.3) is 0 Å². The van der Waals surface area contributed by atoms with Gasteiger partial charge in [0.1, 0.15) is 0 Å². The first-order valence-electron chi connectivity index (χ1n) is 6.01. The molecule has 0 unspecified atom stereocenters. The highest BCUT2D eigenvalue weighted by atomic mass is 16.2. The summed E-state index contributed by atoms with van der Waals surface area (Å²) in [4.78, 5) is 14.6. The summed E-state index contributed by atoms with van der Waals surface area (Å²) in [7, 11) is 0. The second-order valence-corrected chi connectivity index (χ2v) is 4.04. The average molecular weight is 256 g/mol. The quantitative estimate of drug-likeness (QED) is 0.565. The van der Waals surface area contributed by atoms with Crippen LogP contribution in [0.5, 0.6) is 0 Å². The SMILES string of the molecule is C/C(=N\NC(=O)CNc1ccccc1)c1ccc[nH]1. The Balaban J connectivity index is 1.80. The summed E-state index contributed by atoms with van der Waals surface area (Å²) in [6.45, 7) is 2.02. The van der Waals surface area contributed by atoms with E-state index in [4.69, 9.17) is 0 Å². The van der Waals surface area contributed by atoms with E-state index < -0.39 is 0 Å². The second-order valence-electron chi connectivity index (χ2n) is 4.04. The Bertz CT molecular complexity index is 546. The summed E-state index contributed by atoms with van der Waals surface area (Å²) in [5, 5.41) is 7.04. The number of carbonyl (C=O) groups excluding carboxylic acids is 1. The van der Waals surface area contributed by atoms with Crippen molar-refractivity contribution in [2.45, 2.75) is 6.92 Å². The van der Waals surface area contributed by atoms with Crippen molar-refractivity contribution in [3.8, 4) is 0 Å². The third-order valence-corrected chi connectivity index (χ3v) is 2.56. The van der Waals surface area contributed by atoms with E-state index in [1.165, 1.54) is 0 Å². The second kappa shape index (κ2) is 6.39. The maximum atomic E-state index is 11.6. The zero-order chi connectivity index (χ0) is 13.5. The number of benzene rings is 1. The molecule has 0 fully saturated rings. The molecule has 0 aliphatic heterocycles. The van der Waals surface area contributed by atoms with E-state index in [2.05, 4.69) is 20.8 Å². The van der Waals surface area contributed by atoms with E-state index in [0.29, 0.717) is 0 Å². The van der Waals surface area contributed by atoms with Gasteiger partial charge >= 0.3 is 0 Å². The Morgan fingerprint density at radius 2 is 2.00 bits per heavy atom. The van der Waals surface area contributed by atoms with Gasteiger partial charge in [-0.15, -0.1) is 0 Å². The number of aromatic nitrogens is 1. The van der Waals surface area contributed by atoms with Gasteiger partial charge in [-0.1, -0.05) is 18.2 Å². The topological polar surface area (TPSA) is 69.3 Å². The van der Waals surface area contributed by atoms with Crippen molar-refractivity contribution in [2.75, 3.05) is 11.9 Å². The zero-order valence-electron chi connectivity index (χ0n) is 10.7. The first-order valence-corrected chi connectivity index (χ1v) is 6.01. The molecule has 2 rings (SSSR count). The first-order chi connectivity index (χ1) is 9.25. The number of amides is 1. The number of hydrazone groups is 1. The van der Waals surface area contributed by atoms with Crippen LogP contribution in [0.4, 0.5) is 5.69 Å². The number of H-pyrrole nitrogens is 1. The van der Waals surface area contributed by atoms with Crippen molar-refractivity contribution in [3.05, 3.63) is 54.4 Å². The molecule has 5 nitrogen and oxygen atoms in total. The molecule has 3 N–H and O–H groups in total. The lowest BCUT2D eigenvalue weighted by Gasteiger charge is -2.05. The van der Waals surface area contributed by atoms with Crippen molar-refractivity contribution in [3.63, 3.8) is 0 Å². The van der Waals surface area contributed by atoms with E-state index >= 15 is 0 Å². The Morgan fingerprint density at radius 3 is 2.68 bits per heavy atom. The van der Waals surface area contributed by atoms with Gasteiger partial charge in [0, 0.05) is 11.9 Å². The molecule has 98 valence electrons. The predicted octanol–water partition coefficient (Wildman–Crippen LogP) is 1.97. The monoisotopic (exact) mass is 256 g/mol. The third-order valence-electron chi connectivity index (χ3n) is 2.56. The number of anilines is 1. The fourth-order valence-electron chi connectivity index (χ4n) is 1.54. The molecule has 0 bridgehead atoms. The molecule has 1 heterocycles. The van der Waals surface area contributed by atoms with Gasteiger partial charge in [0.05, 0.1) is 18.0 Å². The van der Waals surface area contributed by atoms with Gasteiger partial charge in [0.25, 0.3) is 5.91 Å². The van der Waals surface area contributed by atoms with Crippen molar-refractivity contribution in [1.82, 2.24) is 10.4 Å². The maximum absolute atomic E-state index is 11.6. The predicted molar refractivity (Wildman–Crippen MR) is 76.1 cm³/mol. The van der Waals surface area contributed by atoms with Crippen LogP contribution in [0.2, 0.25) is 0 Å². The Kier molecular flexibility index (Phi) is 4.34. The fraction of sp³-hybridized carbons (Fsp3) is 0.143. The van der Waals surface area contributed by atoms with Crippen LogP contribution in [-0.2, 0) is 4.79 Å². The van der Waals surface area contributed by atoms with Crippen LogP contribution in [0.3, 0.4) is 0 Å². The Labute approximate surface area is 111 Å². The maximum Gasteiger partial charge on any atom is 0.259 e. The molecule has 1 aromatic carbocycles. The molecule has 0 spiro atoms. The zero-order valence-corrected chi connectivity index (χ0v) is 10.7. The standard InChI is InChI=1S/C14H16N4O/c1-11(13-8-5-9-15-13)17-18-14(19)10-16-12-6-3-2-4-7-12/h2-9,15-16H,10H2,1H3,(H,18,19)/b17-11+. The summed E-state index contributed by atoms with van der Waals surface area (Å²) in [5.74, 6) is -0.185. The molecule has 0 aliphatic rings. The fourth-order valence-corrected chi connectivity index (χ4v) is 1.54. The van der Waals surface area contributed by atoms with Crippen LogP contribution >= 0.6 is 0 Å². The molecule has 1 amide bonds. The van der Waals surface area contributed by atoms with Crippen LogP contribution < -0.4 is 10.7 Å². The number of para-hydroxylation sites is 1. The van der Waals surface area contributed by atoms with E-state index in [-0.39, 0.29) is 12.5 Å². The lowest BCUT2D eigenvalue weighted by molar-refractivity contribution is -0.119. The molecule has 0 saturated carbocycles. The van der Waals surface area contributed by atoms with Crippen LogP contribution in [0.15, 0.2) is 53.8 Å². The Morgan fingerprint density at radius 1 is 1.21 bits per heavy atom. The number of rotatable bonds is 5. The highest BCUT2D eigenvalue weighted by molar-refractivity contribution is 5.97. The molecular weight excluding hydrogens is 240 g/mol. The summed E-state index contributed by atoms with van der Waals surface area (Å²) >= 11 is 0. The lowest BCUT2D eigenvalue weighted by atomic mass is 10.3. The van der Waals surface area contributed by atoms with Crippen molar-refractivity contribution >= 4 is 17.3 Å². The van der Waals surface area contributed by atoms with Gasteiger partial charge < -0.3 is 10.3 Å². The number of carbonyl (C=O) groups is 1. The highest BCUT2D eigenvalue weighted by Crippen LogP contribution is 2.03. The largest absolute Gasteiger partial charge is 0.376 e. The molecular formula is C14H16N4O. The van der Waals surface area contributed by atoms with E-state index in [1.807, 2.05) is 55.6 Å². The summed E-state index contributed by atoms with van der Waals surface area (Å²) < 4.78 is 0. The minimum atomic E-state index is -0.185. The van der Waals surface area contributed by atoms with Gasteiger partial charge in [-0.05, 0) is 31.2 Å². The van der Waals surface area contributed by atoms with Crippen LogP contribution in [-0.4, -0.2) is 23.1 Å². The van der Waals surface area contributed by atoms with Crippen molar-refractivity contribution < 1.29 is 4.79 Å². The van der Waals surface area contributed by atoms with Crippen molar-refractivity contribution in [1.29, 1.82) is 0 Å². The van der Waals surface area contributed by atoms with Crippen LogP contribution in [0, 0.1) is 0 Å². The molecule has 2 aromatic rings. The minimum Gasteiger partial charge on any atom is -0.376 e. The van der Waals surface area contributed by atoms with Gasteiger partial charge in [0.2, 0.25) is 0 Å². The Hall–Kier alpha value is -2.56. The number of hydrogen-bond acceptors (Lipinski definition) is 3. The summed E-state index contributed by atoms with van der Waals surface area (Å²) in [6, 6.07) is 13.3.